The highest BCUT2D eigenvalue weighted by Gasteiger charge is 2.19. The van der Waals surface area contributed by atoms with Crippen molar-refractivity contribution in [3.8, 4) is 0 Å². The molecular formula is C61H110O6. The maximum Gasteiger partial charge on any atom is 0.306 e. The van der Waals surface area contributed by atoms with Crippen molar-refractivity contribution in [2.24, 2.45) is 0 Å². The van der Waals surface area contributed by atoms with E-state index in [1.165, 1.54) is 186 Å². The fourth-order valence-corrected chi connectivity index (χ4v) is 8.39. The number of esters is 3. The van der Waals surface area contributed by atoms with E-state index < -0.39 is 6.10 Å². The van der Waals surface area contributed by atoms with Gasteiger partial charge in [0.2, 0.25) is 0 Å². The van der Waals surface area contributed by atoms with Gasteiger partial charge in [0.25, 0.3) is 0 Å². The molecule has 0 rings (SSSR count). The Hall–Kier alpha value is -2.63. The first kappa shape index (κ1) is 64.4. The first-order chi connectivity index (χ1) is 33.0. The lowest BCUT2D eigenvalue weighted by Gasteiger charge is -2.18. The molecule has 0 saturated heterocycles. The van der Waals surface area contributed by atoms with Crippen LogP contribution < -0.4 is 0 Å². The van der Waals surface area contributed by atoms with Gasteiger partial charge in [0.15, 0.2) is 6.10 Å². The molecule has 0 saturated carbocycles. The monoisotopic (exact) mass is 939 g/mol. The van der Waals surface area contributed by atoms with Gasteiger partial charge >= 0.3 is 17.9 Å². The maximum atomic E-state index is 12.8. The van der Waals surface area contributed by atoms with Crippen LogP contribution in [-0.4, -0.2) is 37.2 Å². The third kappa shape index (κ3) is 54.2. The summed E-state index contributed by atoms with van der Waals surface area (Å²) >= 11 is 0. The number of unbranched alkanes of at least 4 members (excludes halogenated alkanes) is 34. The molecule has 0 spiro atoms. The molecule has 0 fully saturated rings. The SMILES string of the molecule is CCCCCCC/C=C\C/C=C\CCCCCCCCCCCCCC(=O)OCC(COC(=O)CCCCCCC)OC(=O)CCCCCCCCCCC/C=C\C/C=C\CCCCCCC. The van der Waals surface area contributed by atoms with Gasteiger partial charge in [-0.05, 0) is 83.5 Å². The standard InChI is InChI=1S/C61H110O6/c1-4-7-10-13-15-17-19-21-23-25-27-29-30-32-33-35-37-39-41-43-45-48-51-54-60(63)66-57-58(56-65-59(62)53-50-47-12-9-6-3)67-61(64)55-52-49-46-44-42-40-38-36-34-31-28-26-24-22-20-18-16-14-11-8-5-2/h19-22,25-28,58H,4-18,23-24,29-57H2,1-3H3/b21-19-,22-20-,27-25-,28-26-. The Labute approximate surface area is 416 Å². The molecule has 1 atom stereocenters. The van der Waals surface area contributed by atoms with Crippen molar-refractivity contribution in [3.05, 3.63) is 48.6 Å². The van der Waals surface area contributed by atoms with Crippen LogP contribution in [0.2, 0.25) is 0 Å². The Morgan fingerprint density at radius 1 is 0.299 bits per heavy atom. The zero-order chi connectivity index (χ0) is 48.6. The molecule has 0 aliphatic carbocycles. The first-order valence-electron chi connectivity index (χ1n) is 29.1. The molecule has 390 valence electrons. The Morgan fingerprint density at radius 2 is 0.537 bits per heavy atom. The summed E-state index contributed by atoms with van der Waals surface area (Å²) in [6, 6.07) is 0. The molecular weight excluding hydrogens is 829 g/mol. The highest BCUT2D eigenvalue weighted by atomic mass is 16.6. The summed E-state index contributed by atoms with van der Waals surface area (Å²) in [5, 5.41) is 0. The van der Waals surface area contributed by atoms with Crippen LogP contribution in [0.15, 0.2) is 48.6 Å². The van der Waals surface area contributed by atoms with E-state index in [0.717, 1.165) is 77.0 Å². The van der Waals surface area contributed by atoms with Gasteiger partial charge in [-0.15, -0.1) is 0 Å². The third-order valence-corrected chi connectivity index (χ3v) is 12.8. The lowest BCUT2D eigenvalue weighted by molar-refractivity contribution is -0.167. The van der Waals surface area contributed by atoms with Gasteiger partial charge in [-0.25, -0.2) is 0 Å². The average molecular weight is 940 g/mol. The van der Waals surface area contributed by atoms with Gasteiger partial charge < -0.3 is 14.2 Å². The Morgan fingerprint density at radius 3 is 0.821 bits per heavy atom. The van der Waals surface area contributed by atoms with Crippen molar-refractivity contribution < 1.29 is 28.6 Å². The third-order valence-electron chi connectivity index (χ3n) is 12.8. The van der Waals surface area contributed by atoms with E-state index in [1.807, 2.05) is 0 Å². The second-order valence-electron chi connectivity index (χ2n) is 19.6. The minimum atomic E-state index is -0.772. The van der Waals surface area contributed by atoms with Crippen LogP contribution in [0.1, 0.15) is 303 Å². The van der Waals surface area contributed by atoms with Crippen molar-refractivity contribution in [3.63, 3.8) is 0 Å². The summed E-state index contributed by atoms with van der Waals surface area (Å²) in [5.41, 5.74) is 0. The van der Waals surface area contributed by atoms with Crippen molar-refractivity contribution in [1.29, 1.82) is 0 Å². The number of ether oxygens (including phenoxy) is 3. The van der Waals surface area contributed by atoms with Gasteiger partial charge in [-0.1, -0.05) is 249 Å². The Kier molecular flexibility index (Phi) is 53.8. The molecule has 0 aromatic rings. The number of carbonyl (C=O) groups is 3. The number of hydrogen-bond acceptors (Lipinski definition) is 6. The van der Waals surface area contributed by atoms with Crippen LogP contribution in [-0.2, 0) is 28.6 Å². The molecule has 0 bridgehead atoms. The van der Waals surface area contributed by atoms with Crippen molar-refractivity contribution >= 4 is 17.9 Å². The fraction of sp³-hybridized carbons (Fsp3) is 0.820. The van der Waals surface area contributed by atoms with Gasteiger partial charge in [-0.2, -0.15) is 0 Å². The molecule has 0 radical (unpaired) electrons. The van der Waals surface area contributed by atoms with E-state index in [-0.39, 0.29) is 31.1 Å². The highest BCUT2D eigenvalue weighted by molar-refractivity contribution is 5.71. The summed E-state index contributed by atoms with van der Waals surface area (Å²) < 4.78 is 16.7. The van der Waals surface area contributed by atoms with Crippen molar-refractivity contribution in [2.45, 2.75) is 309 Å². The van der Waals surface area contributed by atoms with Crippen LogP contribution in [0.5, 0.6) is 0 Å². The molecule has 0 aliphatic rings. The fourth-order valence-electron chi connectivity index (χ4n) is 8.39. The van der Waals surface area contributed by atoms with Crippen LogP contribution in [0.25, 0.3) is 0 Å². The molecule has 0 N–H and O–H groups in total. The van der Waals surface area contributed by atoms with Crippen LogP contribution in [0, 0.1) is 0 Å². The summed E-state index contributed by atoms with van der Waals surface area (Å²) in [7, 11) is 0. The van der Waals surface area contributed by atoms with Gasteiger partial charge in [0.1, 0.15) is 13.2 Å². The van der Waals surface area contributed by atoms with E-state index >= 15 is 0 Å². The van der Waals surface area contributed by atoms with Gasteiger partial charge in [0, 0.05) is 19.3 Å². The minimum absolute atomic E-state index is 0.0745. The minimum Gasteiger partial charge on any atom is -0.462 e. The normalized spacial score (nSPS) is 12.3. The molecule has 0 aromatic carbocycles. The first-order valence-corrected chi connectivity index (χ1v) is 29.1. The van der Waals surface area contributed by atoms with E-state index in [0.29, 0.717) is 19.3 Å². The quantitative estimate of drug-likeness (QED) is 0.0262. The average Bonchev–Trinajstić information content (AvgIpc) is 3.33. The molecule has 6 heteroatoms. The summed E-state index contributed by atoms with van der Waals surface area (Å²) in [6.45, 7) is 6.56. The van der Waals surface area contributed by atoms with E-state index in [4.69, 9.17) is 14.2 Å². The molecule has 67 heavy (non-hydrogen) atoms. The lowest BCUT2D eigenvalue weighted by Crippen LogP contribution is -2.30. The van der Waals surface area contributed by atoms with E-state index in [2.05, 4.69) is 69.4 Å². The lowest BCUT2D eigenvalue weighted by atomic mass is 10.0. The molecule has 0 heterocycles. The second-order valence-corrected chi connectivity index (χ2v) is 19.6. The molecule has 6 nitrogen and oxygen atoms in total. The maximum absolute atomic E-state index is 12.8. The zero-order valence-corrected chi connectivity index (χ0v) is 44.7. The van der Waals surface area contributed by atoms with E-state index in [1.54, 1.807) is 0 Å². The molecule has 0 aliphatic heterocycles. The molecule has 0 aromatic heterocycles. The highest BCUT2D eigenvalue weighted by Crippen LogP contribution is 2.16. The number of carbonyl (C=O) groups excluding carboxylic acids is 3. The van der Waals surface area contributed by atoms with Crippen molar-refractivity contribution in [2.75, 3.05) is 13.2 Å². The molecule has 1 unspecified atom stereocenters. The van der Waals surface area contributed by atoms with Crippen molar-refractivity contribution in [1.82, 2.24) is 0 Å². The zero-order valence-electron chi connectivity index (χ0n) is 44.7. The molecule has 0 amide bonds. The van der Waals surface area contributed by atoms with Gasteiger partial charge in [0.05, 0.1) is 0 Å². The van der Waals surface area contributed by atoms with Gasteiger partial charge in [-0.3, -0.25) is 14.4 Å². The van der Waals surface area contributed by atoms with Crippen LogP contribution >= 0.6 is 0 Å². The largest absolute Gasteiger partial charge is 0.462 e. The predicted octanol–water partition coefficient (Wildman–Crippen LogP) is 19.4. The summed E-state index contributed by atoms with van der Waals surface area (Å²) in [6.07, 6.45) is 68.6. The van der Waals surface area contributed by atoms with Crippen LogP contribution in [0.4, 0.5) is 0 Å². The Balaban J connectivity index is 4.08. The second kappa shape index (κ2) is 56.0. The Bertz CT molecular complexity index is 1170. The van der Waals surface area contributed by atoms with Crippen LogP contribution in [0.3, 0.4) is 0 Å². The number of hydrogen-bond donors (Lipinski definition) is 0. The number of rotatable bonds is 53. The number of allylic oxidation sites excluding steroid dienone is 8. The summed E-state index contributed by atoms with van der Waals surface area (Å²) in [4.78, 5) is 37.8. The smallest absolute Gasteiger partial charge is 0.306 e. The topological polar surface area (TPSA) is 78.9 Å². The predicted molar refractivity (Wildman–Crippen MR) is 289 cm³/mol. The van der Waals surface area contributed by atoms with E-state index in [9.17, 15) is 14.4 Å². The summed E-state index contributed by atoms with van der Waals surface area (Å²) in [5.74, 6) is -0.883.